The van der Waals surface area contributed by atoms with E-state index in [1.807, 2.05) is 0 Å². The molecule has 2 fully saturated rings. The van der Waals surface area contributed by atoms with Crippen molar-refractivity contribution < 1.29 is 0 Å². The molecule has 1 aliphatic heterocycles. The van der Waals surface area contributed by atoms with Crippen LogP contribution in [-0.4, -0.2) is 24.5 Å². The molecule has 0 aromatic heterocycles. The van der Waals surface area contributed by atoms with Crippen LogP contribution in [0.3, 0.4) is 0 Å². The molecule has 1 saturated carbocycles. The molecule has 0 bridgehead atoms. The Hall–Kier alpha value is -0.820. The summed E-state index contributed by atoms with van der Waals surface area (Å²) in [7, 11) is 0. The summed E-state index contributed by atoms with van der Waals surface area (Å²) in [6.07, 6.45) is 9.97. The molecule has 0 spiro atoms. The summed E-state index contributed by atoms with van der Waals surface area (Å²) in [5.74, 6) is 2.95. The number of likely N-dealkylation sites (tertiary alicyclic amines) is 1. The molecule has 2 atom stereocenters. The fourth-order valence-electron chi connectivity index (χ4n) is 4.40. The average Bonchev–Trinajstić information content (AvgIpc) is 2.98. The van der Waals surface area contributed by atoms with E-state index in [4.69, 9.17) is 0 Å². The van der Waals surface area contributed by atoms with E-state index >= 15 is 0 Å². The first-order chi connectivity index (χ1) is 10.3. The van der Waals surface area contributed by atoms with Crippen LogP contribution >= 0.6 is 0 Å². The topological polar surface area (TPSA) is 3.24 Å². The largest absolute Gasteiger partial charge is 0.303 e. The van der Waals surface area contributed by atoms with E-state index in [0.717, 1.165) is 17.8 Å². The van der Waals surface area contributed by atoms with Crippen LogP contribution in [0.15, 0.2) is 30.3 Å². The first kappa shape index (κ1) is 15.1. The molecule has 1 heterocycles. The molecule has 0 N–H and O–H groups in total. The van der Waals surface area contributed by atoms with Crippen LogP contribution in [-0.2, 0) is 6.42 Å². The Morgan fingerprint density at radius 2 is 1.62 bits per heavy atom. The van der Waals surface area contributed by atoms with Gasteiger partial charge in [0.05, 0.1) is 0 Å². The minimum absolute atomic E-state index is 0.913. The average molecular weight is 285 g/mol. The number of rotatable bonds is 5. The molecule has 21 heavy (non-hydrogen) atoms. The number of nitrogens with zero attached hydrogens (tertiary/aromatic N) is 1. The maximum Gasteiger partial charge on any atom is 0.000976 e. The van der Waals surface area contributed by atoms with E-state index in [1.54, 1.807) is 0 Å². The van der Waals surface area contributed by atoms with Gasteiger partial charge >= 0.3 is 0 Å². The van der Waals surface area contributed by atoms with Gasteiger partial charge in [0.15, 0.2) is 0 Å². The summed E-state index contributed by atoms with van der Waals surface area (Å²) in [5.41, 5.74) is 1.53. The van der Waals surface area contributed by atoms with Gasteiger partial charge in [0.2, 0.25) is 0 Å². The Morgan fingerprint density at radius 3 is 2.29 bits per heavy atom. The van der Waals surface area contributed by atoms with Crippen molar-refractivity contribution in [2.45, 2.75) is 51.9 Å². The second kappa shape index (κ2) is 7.45. The van der Waals surface area contributed by atoms with Crippen molar-refractivity contribution in [3.05, 3.63) is 35.9 Å². The molecule has 1 aliphatic carbocycles. The molecule has 1 saturated heterocycles. The highest BCUT2D eigenvalue weighted by Crippen LogP contribution is 2.34. The normalized spacial score (nSPS) is 28.0. The lowest BCUT2D eigenvalue weighted by Crippen LogP contribution is -2.37. The van der Waals surface area contributed by atoms with Crippen LogP contribution in [0.4, 0.5) is 0 Å². The Labute approximate surface area is 130 Å². The first-order valence-corrected chi connectivity index (χ1v) is 9.09. The maximum absolute atomic E-state index is 2.75. The molecule has 0 radical (unpaired) electrons. The molecule has 1 aromatic rings. The smallest absolute Gasteiger partial charge is 0.000976 e. The van der Waals surface area contributed by atoms with Crippen LogP contribution in [0.5, 0.6) is 0 Å². The van der Waals surface area contributed by atoms with Gasteiger partial charge in [0.25, 0.3) is 0 Å². The lowest BCUT2D eigenvalue weighted by atomic mass is 9.89. The zero-order valence-corrected chi connectivity index (χ0v) is 13.6. The third-order valence-electron chi connectivity index (χ3n) is 5.82. The summed E-state index contributed by atoms with van der Waals surface area (Å²) in [6.45, 7) is 6.42. The molecule has 2 aliphatic rings. The van der Waals surface area contributed by atoms with E-state index in [1.165, 1.54) is 70.1 Å². The number of hydrogen-bond donors (Lipinski definition) is 0. The van der Waals surface area contributed by atoms with Gasteiger partial charge in [0, 0.05) is 6.54 Å². The minimum atomic E-state index is 0.913. The van der Waals surface area contributed by atoms with Crippen LogP contribution in [0, 0.1) is 17.8 Å². The Morgan fingerprint density at radius 1 is 0.905 bits per heavy atom. The molecule has 1 heteroatoms. The van der Waals surface area contributed by atoms with Crippen molar-refractivity contribution in [3.63, 3.8) is 0 Å². The van der Waals surface area contributed by atoms with Crippen molar-refractivity contribution in [3.8, 4) is 0 Å². The van der Waals surface area contributed by atoms with Crippen molar-refractivity contribution in [2.75, 3.05) is 19.6 Å². The minimum Gasteiger partial charge on any atom is -0.303 e. The summed E-state index contributed by atoms with van der Waals surface area (Å²) in [5, 5.41) is 0. The maximum atomic E-state index is 2.75. The van der Waals surface area contributed by atoms with Crippen LogP contribution in [0.25, 0.3) is 0 Å². The van der Waals surface area contributed by atoms with Gasteiger partial charge in [-0.05, 0) is 68.5 Å². The first-order valence-electron chi connectivity index (χ1n) is 9.09. The zero-order valence-electron chi connectivity index (χ0n) is 13.6. The van der Waals surface area contributed by atoms with Crippen molar-refractivity contribution in [1.29, 1.82) is 0 Å². The highest BCUT2D eigenvalue weighted by atomic mass is 15.1. The molecular formula is C20H31N. The second-order valence-corrected chi connectivity index (χ2v) is 7.39. The van der Waals surface area contributed by atoms with Gasteiger partial charge in [-0.15, -0.1) is 0 Å². The molecular weight excluding hydrogens is 254 g/mol. The third-order valence-corrected chi connectivity index (χ3v) is 5.82. The van der Waals surface area contributed by atoms with Gasteiger partial charge in [-0.2, -0.15) is 0 Å². The van der Waals surface area contributed by atoms with Gasteiger partial charge in [0.1, 0.15) is 0 Å². The summed E-state index contributed by atoms with van der Waals surface area (Å²) < 4.78 is 0. The predicted molar refractivity (Wildman–Crippen MR) is 90.4 cm³/mol. The van der Waals surface area contributed by atoms with Gasteiger partial charge in [-0.3, -0.25) is 0 Å². The van der Waals surface area contributed by atoms with Gasteiger partial charge < -0.3 is 4.90 Å². The van der Waals surface area contributed by atoms with Crippen molar-refractivity contribution in [1.82, 2.24) is 4.90 Å². The van der Waals surface area contributed by atoms with Crippen LogP contribution in [0.2, 0.25) is 0 Å². The van der Waals surface area contributed by atoms with E-state index < -0.39 is 0 Å². The van der Waals surface area contributed by atoms with Crippen molar-refractivity contribution in [2.24, 2.45) is 17.8 Å². The molecule has 3 rings (SSSR count). The summed E-state index contributed by atoms with van der Waals surface area (Å²) >= 11 is 0. The van der Waals surface area contributed by atoms with Gasteiger partial charge in [-0.1, -0.05) is 50.1 Å². The summed E-state index contributed by atoms with van der Waals surface area (Å²) in [6, 6.07) is 11.0. The van der Waals surface area contributed by atoms with Gasteiger partial charge in [-0.25, -0.2) is 0 Å². The van der Waals surface area contributed by atoms with E-state index in [2.05, 4.69) is 42.2 Å². The molecule has 0 amide bonds. The fourth-order valence-corrected chi connectivity index (χ4v) is 4.40. The third kappa shape index (κ3) is 4.32. The zero-order chi connectivity index (χ0) is 14.5. The molecule has 1 nitrogen and oxygen atoms in total. The number of hydrogen-bond acceptors (Lipinski definition) is 1. The highest BCUT2D eigenvalue weighted by molar-refractivity contribution is 5.15. The SMILES string of the molecule is CCC1CCC(CN2CCC(Cc3ccccc3)CC2)C1. The standard InChI is InChI=1S/C20H31N/c1-2-17-8-9-20(14-17)16-21-12-10-19(11-13-21)15-18-6-4-3-5-7-18/h3-7,17,19-20H,2,8-16H2,1H3. The molecule has 1 aromatic carbocycles. The number of piperidine rings is 1. The number of benzene rings is 1. The highest BCUT2D eigenvalue weighted by Gasteiger charge is 2.27. The van der Waals surface area contributed by atoms with Crippen LogP contribution in [0.1, 0.15) is 51.0 Å². The Kier molecular flexibility index (Phi) is 5.35. The van der Waals surface area contributed by atoms with E-state index in [9.17, 15) is 0 Å². The summed E-state index contributed by atoms with van der Waals surface area (Å²) in [4.78, 5) is 2.75. The predicted octanol–water partition coefficient (Wildman–Crippen LogP) is 4.77. The lowest BCUT2D eigenvalue weighted by Gasteiger charge is -2.33. The van der Waals surface area contributed by atoms with Crippen molar-refractivity contribution >= 4 is 0 Å². The monoisotopic (exact) mass is 285 g/mol. The lowest BCUT2D eigenvalue weighted by molar-refractivity contribution is 0.159. The fraction of sp³-hybridized carbons (Fsp3) is 0.700. The van der Waals surface area contributed by atoms with E-state index in [-0.39, 0.29) is 0 Å². The van der Waals surface area contributed by atoms with Crippen LogP contribution < -0.4 is 0 Å². The Bertz CT molecular complexity index is 405. The Balaban J connectivity index is 1.39. The molecule has 116 valence electrons. The molecule has 2 unspecified atom stereocenters. The quantitative estimate of drug-likeness (QED) is 0.753. The second-order valence-electron chi connectivity index (χ2n) is 7.39. The van der Waals surface area contributed by atoms with E-state index in [0.29, 0.717) is 0 Å².